The average Bonchev–Trinajstić information content (AvgIpc) is 3.08. The summed E-state index contributed by atoms with van der Waals surface area (Å²) in [7, 11) is 0. The molecule has 10 heteroatoms. The first kappa shape index (κ1) is 18.1. The lowest BCUT2D eigenvalue weighted by Gasteiger charge is -2.01. The number of benzene rings is 2. The molecule has 1 amide bonds. The highest BCUT2D eigenvalue weighted by atomic mass is 32.1. The van der Waals surface area contributed by atoms with Gasteiger partial charge in [-0.15, -0.1) is 11.3 Å². The van der Waals surface area contributed by atoms with Crippen molar-refractivity contribution in [2.24, 2.45) is 0 Å². The minimum atomic E-state index is -0.539. The Morgan fingerprint density at radius 2 is 1.74 bits per heavy atom. The highest BCUT2D eigenvalue weighted by molar-refractivity contribution is 7.15. The molecule has 0 spiro atoms. The van der Waals surface area contributed by atoms with E-state index in [9.17, 15) is 25.0 Å². The number of non-ortho nitro benzene ring substituents is 2. The molecule has 1 N–H and O–H groups in total. The van der Waals surface area contributed by atoms with E-state index in [4.69, 9.17) is 0 Å². The minimum Gasteiger partial charge on any atom is -0.298 e. The van der Waals surface area contributed by atoms with Crippen molar-refractivity contribution in [2.75, 3.05) is 5.32 Å². The number of hydrogen-bond donors (Lipinski definition) is 1. The smallest absolute Gasteiger partial charge is 0.269 e. The number of rotatable bonds is 6. The van der Waals surface area contributed by atoms with Gasteiger partial charge in [0.2, 0.25) is 0 Å². The number of carbonyl (C=O) groups is 1. The number of hydrogen-bond acceptors (Lipinski definition) is 7. The molecule has 0 fully saturated rings. The molecule has 0 atom stereocenters. The Balaban J connectivity index is 1.67. The van der Waals surface area contributed by atoms with Gasteiger partial charge >= 0.3 is 0 Å². The van der Waals surface area contributed by atoms with Crippen LogP contribution in [0, 0.1) is 20.2 Å². The van der Waals surface area contributed by atoms with Crippen LogP contribution in [-0.4, -0.2) is 20.7 Å². The van der Waals surface area contributed by atoms with E-state index in [0.29, 0.717) is 11.6 Å². The Bertz CT molecular complexity index is 1020. The molecule has 1 aromatic heterocycles. The van der Waals surface area contributed by atoms with Crippen molar-refractivity contribution >= 4 is 33.8 Å². The van der Waals surface area contributed by atoms with Crippen LogP contribution < -0.4 is 5.32 Å². The van der Waals surface area contributed by atoms with Crippen LogP contribution in [0.3, 0.4) is 0 Å². The van der Waals surface area contributed by atoms with E-state index in [2.05, 4.69) is 10.3 Å². The zero-order valence-corrected chi connectivity index (χ0v) is 14.5. The molecule has 136 valence electrons. The summed E-state index contributed by atoms with van der Waals surface area (Å²) in [5.74, 6) is -0.429. The number of anilines is 1. The van der Waals surface area contributed by atoms with Gasteiger partial charge in [0, 0.05) is 47.3 Å². The molecule has 0 aliphatic heterocycles. The Labute approximate surface area is 156 Å². The fourth-order valence-corrected chi connectivity index (χ4v) is 3.17. The van der Waals surface area contributed by atoms with Crippen LogP contribution in [0.1, 0.15) is 20.8 Å². The van der Waals surface area contributed by atoms with E-state index in [1.165, 1.54) is 47.7 Å². The molecule has 0 radical (unpaired) electrons. The first-order valence-corrected chi connectivity index (χ1v) is 8.48. The predicted octanol–water partition coefficient (Wildman–Crippen LogP) is 3.80. The fourth-order valence-electron chi connectivity index (χ4n) is 2.33. The molecule has 0 saturated carbocycles. The summed E-state index contributed by atoms with van der Waals surface area (Å²) in [4.78, 5) is 37.6. The second-order valence-corrected chi connectivity index (χ2v) is 6.61. The third kappa shape index (κ3) is 4.50. The third-order valence-corrected chi connectivity index (χ3v) is 4.53. The van der Waals surface area contributed by atoms with Gasteiger partial charge in [-0.25, -0.2) is 4.98 Å². The van der Waals surface area contributed by atoms with Crippen molar-refractivity contribution in [1.29, 1.82) is 0 Å². The van der Waals surface area contributed by atoms with Crippen molar-refractivity contribution in [3.63, 3.8) is 0 Å². The summed E-state index contributed by atoms with van der Waals surface area (Å²) in [6, 6.07) is 11.6. The Morgan fingerprint density at radius 3 is 2.41 bits per heavy atom. The second kappa shape index (κ2) is 7.70. The zero-order valence-electron chi connectivity index (χ0n) is 13.7. The van der Waals surface area contributed by atoms with Crippen LogP contribution in [0.5, 0.6) is 0 Å². The molecule has 3 rings (SSSR count). The maximum absolute atomic E-state index is 12.2. The first-order valence-electron chi connectivity index (χ1n) is 7.66. The molecule has 0 saturated heterocycles. The van der Waals surface area contributed by atoms with Crippen LogP contribution in [-0.2, 0) is 6.42 Å². The number of carbonyl (C=O) groups excluding carboxylic acids is 1. The third-order valence-electron chi connectivity index (χ3n) is 3.61. The van der Waals surface area contributed by atoms with Gasteiger partial charge < -0.3 is 0 Å². The Hall–Kier alpha value is -3.66. The fraction of sp³-hybridized carbons (Fsp3) is 0.0588. The zero-order chi connectivity index (χ0) is 19.4. The van der Waals surface area contributed by atoms with Gasteiger partial charge in [0.25, 0.3) is 17.3 Å². The number of nitrogens with one attached hydrogen (secondary N) is 1. The lowest BCUT2D eigenvalue weighted by atomic mass is 10.1. The van der Waals surface area contributed by atoms with Gasteiger partial charge in [-0.05, 0) is 17.7 Å². The maximum Gasteiger partial charge on any atom is 0.269 e. The van der Waals surface area contributed by atoms with E-state index in [0.717, 1.165) is 10.4 Å². The largest absolute Gasteiger partial charge is 0.298 e. The van der Waals surface area contributed by atoms with Gasteiger partial charge in [0.15, 0.2) is 5.13 Å². The van der Waals surface area contributed by atoms with Crippen molar-refractivity contribution in [1.82, 2.24) is 4.98 Å². The molecule has 0 bridgehead atoms. The summed E-state index contributed by atoms with van der Waals surface area (Å²) in [5, 5.41) is 24.5. The number of amides is 1. The topological polar surface area (TPSA) is 128 Å². The molecule has 2 aromatic carbocycles. The molecule has 27 heavy (non-hydrogen) atoms. The Kier molecular flexibility index (Phi) is 5.18. The molecule has 0 unspecified atom stereocenters. The van der Waals surface area contributed by atoms with Crippen LogP contribution in [0.25, 0.3) is 0 Å². The molecule has 9 nitrogen and oxygen atoms in total. The van der Waals surface area contributed by atoms with E-state index < -0.39 is 15.8 Å². The van der Waals surface area contributed by atoms with Crippen LogP contribution in [0.4, 0.5) is 16.5 Å². The Morgan fingerprint density at radius 1 is 1.04 bits per heavy atom. The number of nitrogens with zero attached hydrogens (tertiary/aromatic N) is 3. The highest BCUT2D eigenvalue weighted by Crippen LogP contribution is 2.23. The SMILES string of the molecule is O=C(Nc1ncc(Cc2cccc([N+](=O)[O-])c2)s1)c1ccc([N+](=O)[O-])cc1. The van der Waals surface area contributed by atoms with Gasteiger partial charge in [0.05, 0.1) is 9.85 Å². The van der Waals surface area contributed by atoms with Gasteiger partial charge in [-0.2, -0.15) is 0 Å². The van der Waals surface area contributed by atoms with Gasteiger partial charge in [0.1, 0.15) is 0 Å². The molecule has 0 aliphatic carbocycles. The summed E-state index contributed by atoms with van der Waals surface area (Å²) in [6.45, 7) is 0. The molecular formula is C17H12N4O5S. The monoisotopic (exact) mass is 384 g/mol. The van der Waals surface area contributed by atoms with E-state index in [-0.39, 0.29) is 16.9 Å². The van der Waals surface area contributed by atoms with Crippen LogP contribution >= 0.6 is 11.3 Å². The van der Waals surface area contributed by atoms with Crippen LogP contribution in [0.15, 0.2) is 54.7 Å². The van der Waals surface area contributed by atoms with Crippen molar-refractivity contribution < 1.29 is 14.6 Å². The van der Waals surface area contributed by atoms with Crippen molar-refractivity contribution in [2.45, 2.75) is 6.42 Å². The lowest BCUT2D eigenvalue weighted by Crippen LogP contribution is -2.11. The van der Waals surface area contributed by atoms with Crippen LogP contribution in [0.2, 0.25) is 0 Å². The summed E-state index contributed by atoms with van der Waals surface area (Å²) in [6.07, 6.45) is 2.04. The summed E-state index contributed by atoms with van der Waals surface area (Å²) in [5.41, 5.74) is 0.959. The van der Waals surface area contributed by atoms with E-state index in [1.54, 1.807) is 18.3 Å². The molecular weight excluding hydrogens is 372 g/mol. The molecule has 3 aromatic rings. The van der Waals surface area contributed by atoms with Gasteiger partial charge in [-0.1, -0.05) is 12.1 Å². The average molecular weight is 384 g/mol. The second-order valence-electron chi connectivity index (χ2n) is 5.49. The molecule has 1 heterocycles. The predicted molar refractivity (Wildman–Crippen MR) is 99.1 cm³/mol. The van der Waals surface area contributed by atoms with Crippen molar-refractivity contribution in [3.05, 3.63) is 91.0 Å². The number of nitro benzene ring substituents is 2. The quantitative estimate of drug-likeness (QED) is 0.508. The molecule has 0 aliphatic rings. The van der Waals surface area contributed by atoms with E-state index >= 15 is 0 Å². The van der Waals surface area contributed by atoms with Gasteiger partial charge in [-0.3, -0.25) is 30.3 Å². The summed E-state index contributed by atoms with van der Waals surface area (Å²) < 4.78 is 0. The lowest BCUT2D eigenvalue weighted by molar-refractivity contribution is -0.385. The first-order chi connectivity index (χ1) is 12.9. The number of aromatic nitrogens is 1. The summed E-state index contributed by atoms with van der Waals surface area (Å²) >= 11 is 1.25. The van der Waals surface area contributed by atoms with Crippen molar-refractivity contribution in [3.8, 4) is 0 Å². The number of nitro groups is 2. The minimum absolute atomic E-state index is 0.0173. The van der Waals surface area contributed by atoms with E-state index in [1.807, 2.05) is 0 Å². The number of thiazole rings is 1. The highest BCUT2D eigenvalue weighted by Gasteiger charge is 2.12. The maximum atomic E-state index is 12.2. The normalized spacial score (nSPS) is 10.4. The standard InChI is InChI=1S/C17H12N4O5S/c22-16(12-4-6-13(7-5-12)20(23)24)19-17-18-10-15(27-17)9-11-2-1-3-14(8-11)21(25)26/h1-8,10H,9H2,(H,18,19,22).